The molecular formula is C26H48N4O3. The average Bonchev–Trinajstić information content (AvgIpc) is 3.01. The molecule has 0 unspecified atom stereocenters. The molecule has 3 fully saturated rings. The van der Waals surface area contributed by atoms with E-state index in [1.807, 2.05) is 23.6 Å². The average molecular weight is 465 g/mol. The number of hydrogen-bond donors (Lipinski definition) is 2. The fourth-order valence-corrected chi connectivity index (χ4v) is 6.14. The molecule has 3 rings (SSSR count). The van der Waals surface area contributed by atoms with E-state index in [2.05, 4.69) is 12.2 Å². The first-order valence-electron chi connectivity index (χ1n) is 13.8. The molecule has 0 bridgehead atoms. The molecule has 4 amide bonds. The quantitative estimate of drug-likeness (QED) is 0.228. The van der Waals surface area contributed by atoms with Crippen LogP contribution in [0.25, 0.3) is 0 Å². The monoisotopic (exact) mass is 464 g/mol. The highest BCUT2D eigenvalue weighted by atomic mass is 16.5. The highest BCUT2D eigenvalue weighted by Crippen LogP contribution is 2.39. The number of nitrogens with one attached hydrogen (secondary N) is 1. The number of unbranched alkanes of at least 4 members (excludes halogenated alkanes) is 5. The largest absolute Gasteiger partial charge is 0.343 e. The highest BCUT2D eigenvalue weighted by molar-refractivity contribution is 5.81. The summed E-state index contributed by atoms with van der Waals surface area (Å²) in [5.41, 5.74) is -0.656. The van der Waals surface area contributed by atoms with Gasteiger partial charge in [0.05, 0.1) is 5.54 Å². The van der Waals surface area contributed by atoms with Crippen molar-refractivity contribution >= 4 is 12.1 Å². The Balaban J connectivity index is 1.72. The Hall–Kier alpha value is -1.50. The van der Waals surface area contributed by atoms with E-state index in [9.17, 15) is 14.8 Å². The van der Waals surface area contributed by atoms with Crippen molar-refractivity contribution in [2.24, 2.45) is 0 Å². The molecule has 33 heavy (non-hydrogen) atoms. The van der Waals surface area contributed by atoms with Crippen LogP contribution in [0, 0.1) is 0 Å². The predicted octanol–water partition coefficient (Wildman–Crippen LogP) is 6.26. The van der Waals surface area contributed by atoms with Gasteiger partial charge in [-0.25, -0.2) is 9.59 Å². The number of rotatable bonds is 10. The molecule has 1 saturated heterocycles. The van der Waals surface area contributed by atoms with E-state index in [1.54, 1.807) is 0 Å². The van der Waals surface area contributed by atoms with Gasteiger partial charge in [-0.1, -0.05) is 77.6 Å². The zero-order chi connectivity index (χ0) is 23.8. The molecule has 2 saturated carbocycles. The summed E-state index contributed by atoms with van der Waals surface area (Å²) < 4.78 is 0. The third-order valence-electron chi connectivity index (χ3n) is 8.12. The minimum atomic E-state index is -0.670. The Bertz CT molecular complexity index is 629. The predicted molar refractivity (Wildman–Crippen MR) is 131 cm³/mol. The van der Waals surface area contributed by atoms with E-state index in [1.165, 1.54) is 38.5 Å². The van der Waals surface area contributed by atoms with Gasteiger partial charge in [-0.05, 0) is 46.0 Å². The second kappa shape index (κ2) is 12.3. The van der Waals surface area contributed by atoms with E-state index in [-0.39, 0.29) is 18.1 Å². The molecule has 1 aliphatic heterocycles. The van der Waals surface area contributed by atoms with Crippen molar-refractivity contribution in [3.05, 3.63) is 0 Å². The van der Waals surface area contributed by atoms with Crippen LogP contribution >= 0.6 is 0 Å². The first-order chi connectivity index (χ1) is 15.9. The maximum absolute atomic E-state index is 13.7. The van der Waals surface area contributed by atoms with Crippen molar-refractivity contribution in [1.82, 2.24) is 20.2 Å². The number of amides is 4. The SMILES string of the molecule is CCCCCCCCN1C(=O)N(C2CCCCC2)[C@@H](N(O)C(=O)NC2CCCCC2)C1(C)C. The molecule has 2 N–H and O–H groups in total. The summed E-state index contributed by atoms with van der Waals surface area (Å²) >= 11 is 0. The van der Waals surface area contributed by atoms with Gasteiger partial charge >= 0.3 is 12.1 Å². The van der Waals surface area contributed by atoms with Crippen LogP contribution in [0.5, 0.6) is 0 Å². The topological polar surface area (TPSA) is 76.1 Å². The van der Waals surface area contributed by atoms with Gasteiger partial charge in [-0.2, -0.15) is 5.06 Å². The van der Waals surface area contributed by atoms with E-state index in [4.69, 9.17) is 0 Å². The number of carbonyl (C=O) groups excluding carboxylic acids is 2. The first kappa shape index (κ1) is 26.1. The number of carbonyl (C=O) groups is 2. The van der Waals surface area contributed by atoms with Crippen molar-refractivity contribution < 1.29 is 14.8 Å². The van der Waals surface area contributed by atoms with Gasteiger partial charge in [0.2, 0.25) is 0 Å². The summed E-state index contributed by atoms with van der Waals surface area (Å²) in [7, 11) is 0. The second-order valence-corrected chi connectivity index (χ2v) is 11.1. The Labute approximate surface area is 201 Å². The van der Waals surface area contributed by atoms with E-state index >= 15 is 0 Å². The Morgan fingerprint density at radius 1 is 0.970 bits per heavy atom. The van der Waals surface area contributed by atoms with Gasteiger partial charge in [-0.15, -0.1) is 0 Å². The van der Waals surface area contributed by atoms with Crippen LogP contribution in [0.2, 0.25) is 0 Å². The minimum Gasteiger partial charge on any atom is -0.333 e. The lowest BCUT2D eigenvalue weighted by atomic mass is 9.92. The van der Waals surface area contributed by atoms with Crippen LogP contribution in [0.3, 0.4) is 0 Å². The number of hydroxylamine groups is 2. The van der Waals surface area contributed by atoms with Gasteiger partial charge in [-0.3, -0.25) is 10.1 Å². The zero-order valence-electron chi connectivity index (χ0n) is 21.4. The first-order valence-corrected chi connectivity index (χ1v) is 13.8. The molecule has 7 heteroatoms. The lowest BCUT2D eigenvalue weighted by Gasteiger charge is -2.42. The van der Waals surface area contributed by atoms with Crippen LogP contribution < -0.4 is 5.32 Å². The van der Waals surface area contributed by atoms with Gasteiger partial charge in [0, 0.05) is 18.6 Å². The van der Waals surface area contributed by atoms with Gasteiger partial charge in [0.25, 0.3) is 0 Å². The molecule has 0 aromatic rings. The number of hydrogen-bond acceptors (Lipinski definition) is 3. The van der Waals surface area contributed by atoms with Crippen LogP contribution in [-0.4, -0.2) is 62.5 Å². The summed E-state index contributed by atoms with van der Waals surface area (Å²) in [5, 5.41) is 15.1. The lowest BCUT2D eigenvalue weighted by molar-refractivity contribution is -0.141. The highest BCUT2D eigenvalue weighted by Gasteiger charge is 2.57. The third kappa shape index (κ3) is 6.34. The molecular weight excluding hydrogens is 416 g/mol. The minimum absolute atomic E-state index is 0.0185. The molecule has 190 valence electrons. The molecule has 1 atom stereocenters. The van der Waals surface area contributed by atoms with Gasteiger partial charge in [0.1, 0.15) is 0 Å². The Morgan fingerprint density at radius 3 is 2.18 bits per heavy atom. The van der Waals surface area contributed by atoms with E-state index in [0.717, 1.165) is 69.3 Å². The zero-order valence-corrected chi connectivity index (χ0v) is 21.4. The second-order valence-electron chi connectivity index (χ2n) is 11.1. The van der Waals surface area contributed by atoms with Gasteiger partial charge < -0.3 is 10.2 Å². The van der Waals surface area contributed by atoms with Crippen LogP contribution in [0.1, 0.15) is 124 Å². The number of nitrogens with zero attached hydrogens (tertiary/aromatic N) is 3. The molecule has 1 heterocycles. The van der Waals surface area contributed by atoms with Crippen molar-refractivity contribution in [3.8, 4) is 0 Å². The summed E-state index contributed by atoms with van der Waals surface area (Å²) in [6, 6.07) is -0.282. The molecule has 0 radical (unpaired) electrons. The van der Waals surface area contributed by atoms with Crippen LogP contribution in [0.15, 0.2) is 0 Å². The summed E-state index contributed by atoms with van der Waals surface area (Å²) in [4.78, 5) is 30.6. The standard InChI is InChI=1S/C26H48N4O3/c1-4-5-6-7-8-15-20-28-25(32)29(22-18-13-10-14-19-22)23(26(28,2)3)30(33)24(31)27-21-16-11-9-12-17-21/h21-23,33H,4-20H2,1-3H3,(H,27,31)/t23-/m0/s1. The Morgan fingerprint density at radius 2 is 1.55 bits per heavy atom. The fourth-order valence-electron chi connectivity index (χ4n) is 6.14. The fraction of sp³-hybridized carbons (Fsp3) is 0.923. The van der Waals surface area contributed by atoms with Crippen molar-refractivity contribution in [3.63, 3.8) is 0 Å². The summed E-state index contributed by atoms with van der Waals surface area (Å²) in [5.74, 6) is 0. The molecule has 0 aromatic carbocycles. The maximum Gasteiger partial charge on any atom is 0.343 e. The molecule has 3 aliphatic rings. The van der Waals surface area contributed by atoms with Crippen LogP contribution in [0.4, 0.5) is 9.59 Å². The van der Waals surface area contributed by atoms with E-state index in [0.29, 0.717) is 6.54 Å². The smallest absolute Gasteiger partial charge is 0.333 e. The normalized spacial score (nSPS) is 24.4. The van der Waals surface area contributed by atoms with Crippen molar-refractivity contribution in [2.45, 2.75) is 147 Å². The van der Waals surface area contributed by atoms with Crippen LogP contribution in [-0.2, 0) is 0 Å². The molecule has 0 aromatic heterocycles. The summed E-state index contributed by atoms with van der Waals surface area (Å²) in [6.07, 6.45) is 17.0. The molecule has 7 nitrogen and oxygen atoms in total. The molecule has 2 aliphatic carbocycles. The third-order valence-corrected chi connectivity index (χ3v) is 8.12. The number of urea groups is 2. The van der Waals surface area contributed by atoms with Crippen molar-refractivity contribution in [1.29, 1.82) is 0 Å². The summed E-state index contributed by atoms with van der Waals surface area (Å²) in [6.45, 7) is 6.91. The van der Waals surface area contributed by atoms with Crippen molar-refractivity contribution in [2.75, 3.05) is 6.54 Å². The van der Waals surface area contributed by atoms with E-state index < -0.39 is 17.7 Å². The maximum atomic E-state index is 13.7. The Kier molecular flexibility index (Phi) is 9.71. The van der Waals surface area contributed by atoms with Gasteiger partial charge in [0.15, 0.2) is 6.17 Å². The molecule has 0 spiro atoms. The lowest BCUT2D eigenvalue weighted by Crippen LogP contribution is -2.61.